The first-order chi connectivity index (χ1) is 10.1. The fourth-order valence-electron chi connectivity index (χ4n) is 1.77. The summed E-state index contributed by atoms with van der Waals surface area (Å²) in [4.78, 5) is 23.2. The van der Waals surface area contributed by atoms with Gasteiger partial charge in [0, 0.05) is 0 Å². The zero-order chi connectivity index (χ0) is 15.2. The van der Waals surface area contributed by atoms with Gasteiger partial charge in [0.05, 0.1) is 18.5 Å². The summed E-state index contributed by atoms with van der Waals surface area (Å²) in [5.41, 5.74) is 6.89. The van der Waals surface area contributed by atoms with Crippen molar-refractivity contribution in [3.05, 3.63) is 42.1 Å². The Balaban J connectivity index is 2.10. The summed E-state index contributed by atoms with van der Waals surface area (Å²) in [5.74, 6) is -0.759. The Labute approximate surface area is 121 Å². The molecule has 0 fully saturated rings. The van der Waals surface area contributed by atoms with E-state index in [1.165, 1.54) is 10.9 Å². The molecule has 21 heavy (non-hydrogen) atoms. The highest BCUT2D eigenvalue weighted by atomic mass is 16.5. The Morgan fingerprint density at radius 3 is 2.71 bits per heavy atom. The second-order valence-electron chi connectivity index (χ2n) is 4.18. The number of benzene rings is 1. The molecule has 7 nitrogen and oxygen atoms in total. The van der Waals surface area contributed by atoms with E-state index in [1.54, 1.807) is 6.92 Å². The van der Waals surface area contributed by atoms with Crippen LogP contribution in [0.5, 0.6) is 0 Å². The first-order valence-corrected chi connectivity index (χ1v) is 6.46. The number of esters is 1. The van der Waals surface area contributed by atoms with Crippen molar-refractivity contribution in [3.8, 4) is 5.69 Å². The van der Waals surface area contributed by atoms with Crippen LogP contribution in [0.1, 0.15) is 17.3 Å². The molecule has 0 aliphatic heterocycles. The lowest BCUT2D eigenvalue weighted by atomic mass is 10.3. The Hall–Kier alpha value is -2.83. The van der Waals surface area contributed by atoms with Gasteiger partial charge in [-0.25, -0.2) is 4.68 Å². The van der Waals surface area contributed by atoms with Crippen LogP contribution in [0.25, 0.3) is 5.69 Å². The Morgan fingerprint density at radius 2 is 2.05 bits per heavy atom. The van der Waals surface area contributed by atoms with Crippen LogP contribution in [-0.4, -0.2) is 34.8 Å². The summed E-state index contributed by atoms with van der Waals surface area (Å²) in [7, 11) is 0. The molecular weight excluding hydrogens is 272 g/mol. The third-order valence-electron chi connectivity index (χ3n) is 2.75. The molecule has 1 aromatic carbocycles. The van der Waals surface area contributed by atoms with E-state index in [4.69, 9.17) is 10.5 Å². The standard InChI is InChI=1S/C14H16N4O3/c1-2-21-12(19)9-16-14(20)11-8-17-18(13(11)15)10-6-4-3-5-7-10/h3-8H,2,9,15H2,1H3,(H,16,20). The van der Waals surface area contributed by atoms with Crippen LogP contribution in [0.4, 0.5) is 5.82 Å². The number of nitrogens with one attached hydrogen (secondary N) is 1. The minimum atomic E-state index is -0.500. The Kier molecular flexibility index (Phi) is 4.55. The normalized spacial score (nSPS) is 10.1. The van der Waals surface area contributed by atoms with Crippen LogP contribution < -0.4 is 11.1 Å². The van der Waals surface area contributed by atoms with Crippen molar-refractivity contribution in [3.63, 3.8) is 0 Å². The van der Waals surface area contributed by atoms with Crippen molar-refractivity contribution < 1.29 is 14.3 Å². The number of anilines is 1. The Bertz CT molecular complexity index is 637. The van der Waals surface area contributed by atoms with E-state index in [0.717, 1.165) is 5.69 Å². The zero-order valence-corrected chi connectivity index (χ0v) is 11.6. The molecule has 0 unspecified atom stereocenters. The number of carbonyl (C=O) groups is 2. The summed E-state index contributed by atoms with van der Waals surface area (Å²) >= 11 is 0. The van der Waals surface area contributed by atoms with Gasteiger partial charge in [-0.15, -0.1) is 0 Å². The number of rotatable bonds is 5. The minimum Gasteiger partial charge on any atom is -0.465 e. The molecule has 0 bridgehead atoms. The van der Waals surface area contributed by atoms with Crippen LogP contribution in [0.2, 0.25) is 0 Å². The van der Waals surface area contributed by atoms with Crippen molar-refractivity contribution in [1.82, 2.24) is 15.1 Å². The van der Waals surface area contributed by atoms with Gasteiger partial charge in [-0.05, 0) is 19.1 Å². The van der Waals surface area contributed by atoms with E-state index in [1.807, 2.05) is 30.3 Å². The third kappa shape index (κ3) is 3.38. The smallest absolute Gasteiger partial charge is 0.325 e. The van der Waals surface area contributed by atoms with Gasteiger partial charge in [0.1, 0.15) is 17.9 Å². The van der Waals surface area contributed by atoms with Crippen molar-refractivity contribution in [1.29, 1.82) is 0 Å². The molecule has 1 heterocycles. The summed E-state index contributed by atoms with van der Waals surface area (Å²) in [6.45, 7) is 1.76. The predicted molar refractivity (Wildman–Crippen MR) is 76.9 cm³/mol. The molecule has 0 radical (unpaired) electrons. The summed E-state index contributed by atoms with van der Waals surface area (Å²) in [6, 6.07) is 9.21. The maximum Gasteiger partial charge on any atom is 0.325 e. The molecule has 0 spiro atoms. The van der Waals surface area contributed by atoms with Gasteiger partial charge in [0.2, 0.25) is 0 Å². The van der Waals surface area contributed by atoms with Crippen LogP contribution >= 0.6 is 0 Å². The molecule has 0 saturated carbocycles. The lowest BCUT2D eigenvalue weighted by Crippen LogP contribution is -2.30. The maximum absolute atomic E-state index is 12.0. The van der Waals surface area contributed by atoms with E-state index < -0.39 is 11.9 Å². The highest BCUT2D eigenvalue weighted by Crippen LogP contribution is 2.16. The van der Waals surface area contributed by atoms with Crippen LogP contribution in [0.3, 0.4) is 0 Å². The van der Waals surface area contributed by atoms with Crippen LogP contribution in [0, 0.1) is 0 Å². The molecule has 3 N–H and O–H groups in total. The number of nitrogen functional groups attached to an aromatic ring is 1. The minimum absolute atomic E-state index is 0.206. The molecule has 7 heteroatoms. The van der Waals surface area contributed by atoms with E-state index >= 15 is 0 Å². The molecule has 0 aliphatic carbocycles. The molecule has 110 valence electrons. The SMILES string of the molecule is CCOC(=O)CNC(=O)c1cnn(-c2ccccc2)c1N. The highest BCUT2D eigenvalue weighted by molar-refractivity contribution is 5.99. The second-order valence-corrected chi connectivity index (χ2v) is 4.18. The van der Waals surface area contributed by atoms with Gasteiger partial charge in [-0.3, -0.25) is 9.59 Å². The molecule has 1 aromatic heterocycles. The third-order valence-corrected chi connectivity index (χ3v) is 2.75. The van der Waals surface area contributed by atoms with Gasteiger partial charge in [0.25, 0.3) is 5.91 Å². The van der Waals surface area contributed by atoms with Gasteiger partial charge >= 0.3 is 5.97 Å². The fourth-order valence-corrected chi connectivity index (χ4v) is 1.77. The number of amides is 1. The monoisotopic (exact) mass is 288 g/mol. The number of nitrogens with zero attached hydrogens (tertiary/aromatic N) is 2. The number of carbonyl (C=O) groups excluding carboxylic acids is 2. The van der Waals surface area contributed by atoms with Gasteiger partial charge in [-0.2, -0.15) is 5.10 Å². The van der Waals surface area contributed by atoms with Gasteiger partial charge < -0.3 is 15.8 Å². The Morgan fingerprint density at radius 1 is 1.33 bits per heavy atom. The number of nitrogens with two attached hydrogens (primary N) is 1. The average Bonchev–Trinajstić information content (AvgIpc) is 2.88. The lowest BCUT2D eigenvalue weighted by molar-refractivity contribution is -0.141. The molecule has 2 aromatic rings. The van der Waals surface area contributed by atoms with Crippen molar-refractivity contribution in [2.24, 2.45) is 0 Å². The number of aromatic nitrogens is 2. The first kappa shape index (κ1) is 14.6. The average molecular weight is 288 g/mol. The van der Waals surface area contributed by atoms with E-state index in [0.29, 0.717) is 0 Å². The summed E-state index contributed by atoms with van der Waals surface area (Å²) < 4.78 is 6.18. The molecular formula is C14H16N4O3. The van der Waals surface area contributed by atoms with E-state index in [2.05, 4.69) is 10.4 Å². The van der Waals surface area contributed by atoms with E-state index in [9.17, 15) is 9.59 Å². The zero-order valence-electron chi connectivity index (χ0n) is 11.6. The lowest BCUT2D eigenvalue weighted by Gasteiger charge is -2.06. The molecule has 0 aliphatic rings. The largest absolute Gasteiger partial charge is 0.465 e. The van der Waals surface area contributed by atoms with Crippen molar-refractivity contribution in [2.75, 3.05) is 18.9 Å². The van der Waals surface area contributed by atoms with Gasteiger partial charge in [0.15, 0.2) is 0 Å². The number of ether oxygens (including phenoxy) is 1. The topological polar surface area (TPSA) is 99.2 Å². The molecule has 0 saturated heterocycles. The summed E-state index contributed by atoms with van der Waals surface area (Å²) in [5, 5.41) is 6.53. The predicted octanol–water partition coefficient (Wildman–Crippen LogP) is 0.747. The first-order valence-electron chi connectivity index (χ1n) is 6.46. The molecule has 0 atom stereocenters. The summed E-state index contributed by atoms with van der Waals surface area (Å²) in [6.07, 6.45) is 1.36. The number of hydrogen-bond acceptors (Lipinski definition) is 5. The van der Waals surface area contributed by atoms with Crippen molar-refractivity contribution >= 4 is 17.7 Å². The molecule has 2 rings (SSSR count). The highest BCUT2D eigenvalue weighted by Gasteiger charge is 2.16. The van der Waals surface area contributed by atoms with Crippen LogP contribution in [-0.2, 0) is 9.53 Å². The van der Waals surface area contributed by atoms with Crippen LogP contribution in [0.15, 0.2) is 36.5 Å². The number of hydrogen-bond donors (Lipinski definition) is 2. The van der Waals surface area contributed by atoms with Gasteiger partial charge in [-0.1, -0.05) is 18.2 Å². The molecule has 1 amide bonds. The van der Waals surface area contributed by atoms with E-state index in [-0.39, 0.29) is 24.5 Å². The second kappa shape index (κ2) is 6.56. The quantitative estimate of drug-likeness (QED) is 0.791. The van der Waals surface area contributed by atoms with Crippen molar-refractivity contribution in [2.45, 2.75) is 6.92 Å². The fraction of sp³-hybridized carbons (Fsp3) is 0.214. The number of para-hydroxylation sites is 1. The maximum atomic E-state index is 12.0.